The lowest BCUT2D eigenvalue weighted by Gasteiger charge is -2.38. The van der Waals surface area contributed by atoms with Crippen LogP contribution in [-0.2, 0) is 22.5 Å². The zero-order valence-electron chi connectivity index (χ0n) is 18.2. The topological polar surface area (TPSA) is 61.9 Å². The van der Waals surface area contributed by atoms with Gasteiger partial charge in [-0.15, -0.1) is 0 Å². The molecule has 0 aromatic heterocycles. The molecule has 4 rings (SSSR count). The number of ether oxygens (including phenoxy) is 1. The fourth-order valence-corrected chi connectivity index (χ4v) is 4.44. The highest BCUT2D eigenvalue weighted by atomic mass is 16.5. The number of benzene rings is 2. The van der Waals surface area contributed by atoms with Crippen molar-refractivity contribution in [3.05, 3.63) is 65.2 Å². The molecule has 0 radical (unpaired) electrons. The highest BCUT2D eigenvalue weighted by molar-refractivity contribution is 5.94. The van der Waals surface area contributed by atoms with Gasteiger partial charge in [-0.2, -0.15) is 0 Å². The largest absolute Gasteiger partial charge is 0.378 e. The maximum absolute atomic E-state index is 12.7. The first kappa shape index (κ1) is 21.4. The second-order valence-corrected chi connectivity index (χ2v) is 8.24. The fraction of sp³-hybridized carbons (Fsp3) is 0.440. The standard InChI is InChI=1S/C25H31N3O3/c1-2-22-12-11-20-5-3-4-6-23(20)28(22)18-24(29)26-17-19-7-9-21(10-8-19)25(30)27-13-15-31-16-14-27/h3-10,22H,2,11-18H2,1H3,(H,26,29). The molecule has 31 heavy (non-hydrogen) atoms. The van der Waals surface area contributed by atoms with Gasteiger partial charge in [-0.05, 0) is 48.6 Å². The lowest BCUT2D eigenvalue weighted by molar-refractivity contribution is -0.120. The maximum Gasteiger partial charge on any atom is 0.254 e. The second-order valence-electron chi connectivity index (χ2n) is 8.24. The fourth-order valence-electron chi connectivity index (χ4n) is 4.44. The van der Waals surface area contributed by atoms with Crippen molar-refractivity contribution < 1.29 is 14.3 Å². The maximum atomic E-state index is 12.7. The number of anilines is 1. The number of para-hydroxylation sites is 1. The van der Waals surface area contributed by atoms with Gasteiger partial charge >= 0.3 is 0 Å². The molecule has 0 saturated carbocycles. The van der Waals surface area contributed by atoms with Gasteiger partial charge in [-0.25, -0.2) is 0 Å². The van der Waals surface area contributed by atoms with Crippen LogP contribution in [0.3, 0.4) is 0 Å². The third kappa shape index (κ3) is 5.07. The summed E-state index contributed by atoms with van der Waals surface area (Å²) in [5, 5.41) is 3.04. The van der Waals surface area contributed by atoms with E-state index in [1.165, 1.54) is 11.3 Å². The van der Waals surface area contributed by atoms with Crippen molar-refractivity contribution in [2.75, 3.05) is 37.7 Å². The Balaban J connectivity index is 1.33. The Bertz CT molecular complexity index is 906. The van der Waals surface area contributed by atoms with Gasteiger partial charge in [-0.1, -0.05) is 37.3 Å². The van der Waals surface area contributed by atoms with Gasteiger partial charge in [0.1, 0.15) is 0 Å². The molecule has 6 heteroatoms. The predicted octanol–water partition coefficient (Wildman–Crippen LogP) is 3.01. The van der Waals surface area contributed by atoms with Gasteiger partial charge in [0.15, 0.2) is 0 Å². The summed E-state index contributed by atoms with van der Waals surface area (Å²) in [5.74, 6) is 0.0527. The minimum absolute atomic E-state index is 0.0172. The molecule has 2 aliphatic rings. The number of amides is 2. The molecule has 0 aliphatic carbocycles. The summed E-state index contributed by atoms with van der Waals surface area (Å²) in [4.78, 5) is 29.3. The number of morpholine rings is 1. The first-order valence-electron chi connectivity index (χ1n) is 11.2. The van der Waals surface area contributed by atoms with Gasteiger partial charge in [0.2, 0.25) is 5.91 Å². The van der Waals surface area contributed by atoms with Crippen molar-refractivity contribution in [3.63, 3.8) is 0 Å². The van der Waals surface area contributed by atoms with E-state index in [4.69, 9.17) is 4.74 Å². The molecule has 6 nitrogen and oxygen atoms in total. The number of hydrogen-bond acceptors (Lipinski definition) is 4. The number of carbonyl (C=O) groups excluding carboxylic acids is 2. The Morgan fingerprint density at radius 2 is 1.81 bits per heavy atom. The van der Waals surface area contributed by atoms with Crippen LogP contribution in [0.5, 0.6) is 0 Å². The molecule has 164 valence electrons. The molecule has 2 heterocycles. The Morgan fingerprint density at radius 1 is 1.06 bits per heavy atom. The lowest BCUT2D eigenvalue weighted by atomic mass is 9.94. The monoisotopic (exact) mass is 421 g/mol. The highest BCUT2D eigenvalue weighted by Crippen LogP contribution is 2.31. The van der Waals surface area contributed by atoms with E-state index in [9.17, 15) is 9.59 Å². The minimum atomic E-state index is 0.0172. The second kappa shape index (κ2) is 9.96. The molecular weight excluding hydrogens is 390 g/mol. The van der Waals surface area contributed by atoms with Crippen LogP contribution < -0.4 is 10.2 Å². The number of fused-ring (bicyclic) bond motifs is 1. The number of nitrogens with zero attached hydrogens (tertiary/aromatic N) is 2. The molecule has 1 fully saturated rings. The van der Waals surface area contributed by atoms with E-state index in [1.54, 1.807) is 0 Å². The molecule has 2 aromatic rings. The van der Waals surface area contributed by atoms with Gasteiger partial charge in [-0.3, -0.25) is 9.59 Å². The average molecular weight is 422 g/mol. The van der Waals surface area contributed by atoms with Crippen molar-refractivity contribution >= 4 is 17.5 Å². The predicted molar refractivity (Wildman–Crippen MR) is 121 cm³/mol. The SMILES string of the molecule is CCC1CCc2ccccc2N1CC(=O)NCc1ccc(C(=O)N2CCOCC2)cc1. The van der Waals surface area contributed by atoms with Crippen LogP contribution in [0.15, 0.2) is 48.5 Å². The van der Waals surface area contributed by atoms with Crippen LogP contribution in [0.2, 0.25) is 0 Å². The van der Waals surface area contributed by atoms with E-state index in [0.29, 0.717) is 51.0 Å². The van der Waals surface area contributed by atoms with Crippen LogP contribution in [0, 0.1) is 0 Å². The van der Waals surface area contributed by atoms with E-state index < -0.39 is 0 Å². The summed E-state index contributed by atoms with van der Waals surface area (Å²) in [5.41, 5.74) is 4.16. The Morgan fingerprint density at radius 3 is 2.55 bits per heavy atom. The molecule has 1 unspecified atom stereocenters. The van der Waals surface area contributed by atoms with E-state index in [2.05, 4.69) is 35.3 Å². The van der Waals surface area contributed by atoms with Crippen molar-refractivity contribution in [2.24, 2.45) is 0 Å². The average Bonchev–Trinajstić information content (AvgIpc) is 2.83. The number of nitrogens with one attached hydrogen (secondary N) is 1. The third-order valence-electron chi connectivity index (χ3n) is 6.26. The molecule has 1 saturated heterocycles. The molecule has 1 N–H and O–H groups in total. The molecule has 0 bridgehead atoms. The van der Waals surface area contributed by atoms with E-state index in [0.717, 1.165) is 24.8 Å². The normalized spacial score (nSPS) is 18.4. The van der Waals surface area contributed by atoms with E-state index in [-0.39, 0.29) is 11.8 Å². The van der Waals surface area contributed by atoms with Gasteiger partial charge in [0.25, 0.3) is 5.91 Å². The van der Waals surface area contributed by atoms with Crippen molar-refractivity contribution in [3.8, 4) is 0 Å². The molecule has 0 spiro atoms. The first-order chi connectivity index (χ1) is 15.2. The Labute approximate surface area is 184 Å². The number of hydrogen-bond donors (Lipinski definition) is 1. The summed E-state index contributed by atoms with van der Waals surface area (Å²) >= 11 is 0. The summed E-state index contributed by atoms with van der Waals surface area (Å²) in [6.07, 6.45) is 3.18. The van der Waals surface area contributed by atoms with Gasteiger partial charge in [0, 0.05) is 36.9 Å². The van der Waals surface area contributed by atoms with Crippen molar-refractivity contribution in [1.29, 1.82) is 0 Å². The number of carbonyl (C=O) groups is 2. The summed E-state index contributed by atoms with van der Waals surface area (Å²) in [6, 6.07) is 16.3. The number of aryl methyl sites for hydroxylation is 1. The molecular formula is C25H31N3O3. The quantitative estimate of drug-likeness (QED) is 0.779. The van der Waals surface area contributed by atoms with Gasteiger partial charge < -0.3 is 19.9 Å². The van der Waals surface area contributed by atoms with E-state index in [1.807, 2.05) is 35.2 Å². The van der Waals surface area contributed by atoms with Crippen LogP contribution >= 0.6 is 0 Å². The summed E-state index contributed by atoms with van der Waals surface area (Å²) < 4.78 is 5.31. The van der Waals surface area contributed by atoms with Crippen LogP contribution in [-0.4, -0.2) is 55.6 Å². The molecule has 2 aromatic carbocycles. The van der Waals surface area contributed by atoms with Crippen molar-refractivity contribution in [1.82, 2.24) is 10.2 Å². The molecule has 2 aliphatic heterocycles. The van der Waals surface area contributed by atoms with Gasteiger partial charge in [0.05, 0.1) is 19.8 Å². The highest BCUT2D eigenvalue weighted by Gasteiger charge is 2.26. The molecule has 2 amide bonds. The summed E-state index contributed by atoms with van der Waals surface area (Å²) in [6.45, 7) is 5.46. The minimum Gasteiger partial charge on any atom is -0.378 e. The Hall–Kier alpha value is -2.86. The molecule has 1 atom stereocenters. The lowest BCUT2D eigenvalue weighted by Crippen LogP contribution is -2.45. The van der Waals surface area contributed by atoms with E-state index >= 15 is 0 Å². The first-order valence-corrected chi connectivity index (χ1v) is 11.2. The van der Waals surface area contributed by atoms with Crippen molar-refractivity contribution in [2.45, 2.75) is 38.8 Å². The third-order valence-corrected chi connectivity index (χ3v) is 6.26. The van der Waals surface area contributed by atoms with Crippen LogP contribution in [0.4, 0.5) is 5.69 Å². The Kier molecular flexibility index (Phi) is 6.87. The summed E-state index contributed by atoms with van der Waals surface area (Å²) in [7, 11) is 0. The smallest absolute Gasteiger partial charge is 0.254 e. The number of rotatable bonds is 6. The zero-order chi connectivity index (χ0) is 21.6. The van der Waals surface area contributed by atoms with Crippen LogP contribution in [0.25, 0.3) is 0 Å². The zero-order valence-corrected chi connectivity index (χ0v) is 18.2. The van der Waals surface area contributed by atoms with Crippen LogP contribution in [0.1, 0.15) is 41.3 Å².